The summed E-state index contributed by atoms with van der Waals surface area (Å²) in [7, 11) is 1.46. The smallest absolute Gasteiger partial charge is 0.205 e. The third kappa shape index (κ3) is 2.79. The van der Waals surface area contributed by atoms with Gasteiger partial charge in [0.1, 0.15) is 11.7 Å². The molecule has 140 valence electrons. The van der Waals surface area contributed by atoms with Gasteiger partial charge in [0.25, 0.3) is 0 Å². The summed E-state index contributed by atoms with van der Waals surface area (Å²) in [4.78, 5) is 0. The SMILES string of the molecule is COc1cc(C2c3cc(Cl)c4ccccc4c3OC(=N)C2C#N)cc(Br)c1O. The van der Waals surface area contributed by atoms with E-state index in [1.54, 1.807) is 18.2 Å². The molecule has 0 saturated carbocycles. The molecule has 0 radical (unpaired) electrons. The monoisotopic (exact) mass is 456 g/mol. The molecular formula is C21H14BrClN2O3. The van der Waals surface area contributed by atoms with Crippen LogP contribution in [0, 0.1) is 22.7 Å². The van der Waals surface area contributed by atoms with Crippen LogP contribution in [-0.2, 0) is 0 Å². The topological polar surface area (TPSA) is 86.3 Å². The average molecular weight is 458 g/mol. The van der Waals surface area contributed by atoms with Gasteiger partial charge in [-0.3, -0.25) is 5.41 Å². The van der Waals surface area contributed by atoms with Gasteiger partial charge in [-0.05, 0) is 39.7 Å². The van der Waals surface area contributed by atoms with Crippen molar-refractivity contribution in [2.24, 2.45) is 5.92 Å². The number of benzene rings is 3. The molecule has 0 fully saturated rings. The summed E-state index contributed by atoms with van der Waals surface area (Å²) < 4.78 is 11.5. The maximum Gasteiger partial charge on any atom is 0.205 e. The van der Waals surface area contributed by atoms with Crippen molar-refractivity contribution in [3.05, 3.63) is 63.1 Å². The maximum atomic E-state index is 10.2. The zero-order valence-corrected chi connectivity index (χ0v) is 17.0. The molecular weight excluding hydrogens is 444 g/mol. The molecule has 4 rings (SSSR count). The Labute approximate surface area is 174 Å². The van der Waals surface area contributed by atoms with Crippen molar-refractivity contribution in [3.63, 3.8) is 0 Å². The zero-order chi connectivity index (χ0) is 20.0. The summed E-state index contributed by atoms with van der Waals surface area (Å²) in [5, 5.41) is 30.3. The number of methoxy groups -OCH3 is 1. The van der Waals surface area contributed by atoms with Crippen LogP contribution in [0.4, 0.5) is 0 Å². The Morgan fingerprint density at radius 1 is 1.25 bits per heavy atom. The quantitative estimate of drug-likeness (QED) is 0.523. The van der Waals surface area contributed by atoms with Crippen molar-refractivity contribution in [2.45, 2.75) is 5.92 Å². The lowest BCUT2D eigenvalue weighted by molar-refractivity contribution is 0.370. The normalized spacial score (nSPS) is 18.3. The molecule has 0 spiro atoms. The van der Waals surface area contributed by atoms with Gasteiger partial charge in [-0.25, -0.2) is 0 Å². The molecule has 28 heavy (non-hydrogen) atoms. The average Bonchev–Trinajstić information content (AvgIpc) is 2.70. The number of phenols is 1. The number of fused-ring (bicyclic) bond motifs is 3. The predicted octanol–water partition coefficient (Wildman–Crippen LogP) is 5.61. The Kier molecular flexibility index (Phi) is 4.66. The van der Waals surface area contributed by atoms with E-state index in [4.69, 9.17) is 26.5 Å². The molecule has 0 aromatic heterocycles. The van der Waals surface area contributed by atoms with E-state index < -0.39 is 11.8 Å². The maximum absolute atomic E-state index is 10.2. The van der Waals surface area contributed by atoms with Crippen molar-refractivity contribution in [3.8, 4) is 23.3 Å². The minimum atomic E-state index is -0.842. The second kappa shape index (κ2) is 7.01. The Morgan fingerprint density at radius 3 is 2.64 bits per heavy atom. The number of aromatic hydroxyl groups is 1. The minimum Gasteiger partial charge on any atom is -0.503 e. The highest BCUT2D eigenvalue weighted by Gasteiger charge is 2.38. The van der Waals surface area contributed by atoms with E-state index in [-0.39, 0.29) is 17.4 Å². The summed E-state index contributed by atoms with van der Waals surface area (Å²) in [5.41, 5.74) is 1.42. The number of ether oxygens (including phenoxy) is 2. The molecule has 0 bridgehead atoms. The zero-order valence-electron chi connectivity index (χ0n) is 14.7. The van der Waals surface area contributed by atoms with Crippen LogP contribution < -0.4 is 9.47 Å². The molecule has 3 aromatic rings. The van der Waals surface area contributed by atoms with Crippen LogP contribution in [0.15, 0.2) is 46.9 Å². The van der Waals surface area contributed by atoms with Crippen LogP contribution in [0.2, 0.25) is 5.02 Å². The summed E-state index contributed by atoms with van der Waals surface area (Å²) in [5.74, 6) is -0.716. The van der Waals surface area contributed by atoms with E-state index in [2.05, 4.69) is 22.0 Å². The van der Waals surface area contributed by atoms with Crippen LogP contribution in [-0.4, -0.2) is 18.1 Å². The highest BCUT2D eigenvalue weighted by Crippen LogP contribution is 2.49. The van der Waals surface area contributed by atoms with Gasteiger partial charge in [-0.2, -0.15) is 5.26 Å². The molecule has 0 amide bonds. The van der Waals surface area contributed by atoms with E-state index in [9.17, 15) is 10.4 Å². The lowest BCUT2D eigenvalue weighted by Gasteiger charge is -2.31. The first-order chi connectivity index (χ1) is 13.5. The second-order valence-corrected chi connectivity index (χ2v) is 7.69. The minimum absolute atomic E-state index is 0.0290. The van der Waals surface area contributed by atoms with Gasteiger partial charge in [0.05, 0.1) is 17.7 Å². The third-order valence-corrected chi connectivity index (χ3v) is 5.82. The summed E-state index contributed by atoms with van der Waals surface area (Å²) in [6.45, 7) is 0. The van der Waals surface area contributed by atoms with E-state index in [1.165, 1.54) is 7.11 Å². The number of rotatable bonds is 2. The first-order valence-electron chi connectivity index (χ1n) is 8.39. The van der Waals surface area contributed by atoms with Crippen LogP contribution in [0.1, 0.15) is 17.0 Å². The first-order valence-corrected chi connectivity index (χ1v) is 9.56. The standard InChI is InChI=1S/C21H14BrClN2O3/c1-27-17-7-10(6-15(22)19(17)26)18-13-8-16(23)11-4-2-3-5-12(11)20(13)28-21(25)14(18)9-24/h2-8,14,18,25-26H,1H3. The number of nitriles is 1. The number of nitrogens with one attached hydrogen (secondary N) is 1. The van der Waals surface area contributed by atoms with Crippen LogP contribution in [0.3, 0.4) is 0 Å². The largest absolute Gasteiger partial charge is 0.503 e. The van der Waals surface area contributed by atoms with Crippen LogP contribution in [0.25, 0.3) is 10.8 Å². The number of halogens is 2. The predicted molar refractivity (Wildman–Crippen MR) is 111 cm³/mol. The molecule has 0 aliphatic carbocycles. The Morgan fingerprint density at radius 2 is 1.96 bits per heavy atom. The fourth-order valence-electron chi connectivity index (χ4n) is 3.61. The number of nitrogens with zero attached hydrogens (tertiary/aromatic N) is 1. The van der Waals surface area contributed by atoms with Gasteiger partial charge in [-0.15, -0.1) is 0 Å². The van der Waals surface area contributed by atoms with Gasteiger partial charge in [-0.1, -0.05) is 35.9 Å². The molecule has 1 aliphatic heterocycles. The van der Waals surface area contributed by atoms with Crippen LogP contribution in [0.5, 0.6) is 17.2 Å². The van der Waals surface area contributed by atoms with Crippen LogP contribution >= 0.6 is 27.5 Å². The molecule has 1 heterocycles. The summed E-state index contributed by atoms with van der Waals surface area (Å²) in [6.07, 6.45) is 0. The highest BCUT2D eigenvalue weighted by atomic mass is 79.9. The van der Waals surface area contributed by atoms with E-state index in [0.29, 0.717) is 26.4 Å². The van der Waals surface area contributed by atoms with Crippen molar-refractivity contribution >= 4 is 44.2 Å². The fourth-order valence-corrected chi connectivity index (χ4v) is 4.35. The summed E-state index contributed by atoms with van der Waals surface area (Å²) in [6, 6.07) is 14.9. The van der Waals surface area contributed by atoms with Crippen molar-refractivity contribution in [1.82, 2.24) is 0 Å². The molecule has 2 N–H and O–H groups in total. The Balaban J connectivity index is 2.04. The number of phenolic OH excluding ortho intramolecular Hbond substituents is 1. The molecule has 1 aliphatic rings. The molecule has 7 heteroatoms. The highest BCUT2D eigenvalue weighted by molar-refractivity contribution is 9.10. The number of hydrogen-bond donors (Lipinski definition) is 2. The first kappa shape index (κ1) is 18.6. The molecule has 5 nitrogen and oxygen atoms in total. The third-order valence-electron chi connectivity index (χ3n) is 4.91. The van der Waals surface area contributed by atoms with Gasteiger partial charge in [0.15, 0.2) is 11.5 Å². The van der Waals surface area contributed by atoms with Gasteiger partial charge >= 0.3 is 0 Å². The summed E-state index contributed by atoms with van der Waals surface area (Å²) >= 11 is 9.85. The van der Waals surface area contributed by atoms with Crippen molar-refractivity contribution in [1.29, 1.82) is 10.7 Å². The van der Waals surface area contributed by atoms with Gasteiger partial charge < -0.3 is 14.6 Å². The van der Waals surface area contributed by atoms with Crippen molar-refractivity contribution < 1.29 is 14.6 Å². The fraction of sp³-hybridized carbons (Fsp3) is 0.143. The Bertz CT molecular complexity index is 1170. The molecule has 3 aromatic carbocycles. The van der Waals surface area contributed by atoms with Crippen molar-refractivity contribution in [2.75, 3.05) is 7.11 Å². The molecule has 0 saturated heterocycles. The number of hydrogen-bond acceptors (Lipinski definition) is 5. The lowest BCUT2D eigenvalue weighted by atomic mass is 9.78. The Hall–Kier alpha value is -2.75. The molecule has 2 atom stereocenters. The van der Waals surface area contributed by atoms with Gasteiger partial charge in [0, 0.05) is 27.3 Å². The lowest BCUT2D eigenvalue weighted by Crippen LogP contribution is -2.31. The second-order valence-electron chi connectivity index (χ2n) is 6.43. The van der Waals surface area contributed by atoms with Gasteiger partial charge in [0.2, 0.25) is 5.90 Å². The van der Waals surface area contributed by atoms with E-state index in [0.717, 1.165) is 10.8 Å². The molecule has 2 unspecified atom stereocenters. The van der Waals surface area contributed by atoms with E-state index in [1.807, 2.05) is 24.3 Å². The van der Waals surface area contributed by atoms with E-state index >= 15 is 0 Å².